The summed E-state index contributed by atoms with van der Waals surface area (Å²) in [7, 11) is 2.02. The zero-order chi connectivity index (χ0) is 21.6. The molecule has 0 aromatic heterocycles. The Morgan fingerprint density at radius 1 is 1.07 bits per heavy atom. The van der Waals surface area contributed by atoms with Crippen molar-refractivity contribution in [3.05, 3.63) is 64.2 Å². The molecule has 0 aliphatic heterocycles. The Labute approximate surface area is 176 Å². The first-order valence-electron chi connectivity index (χ1n) is 10.2. The third kappa shape index (κ3) is 6.45. The van der Waals surface area contributed by atoms with Crippen molar-refractivity contribution in [3.63, 3.8) is 0 Å². The van der Waals surface area contributed by atoms with Crippen LogP contribution < -0.4 is 0 Å². The molecular weight excluding hydrogens is 358 g/mol. The van der Waals surface area contributed by atoms with Crippen LogP contribution in [0, 0.1) is 13.8 Å². The lowest BCUT2D eigenvalue weighted by molar-refractivity contribution is 0.130. The zero-order valence-electron chi connectivity index (χ0n) is 19.2. The number of aliphatic imine (C=N–C) groups is 1. The molecule has 2 aromatic carbocycles. The Morgan fingerprint density at radius 3 is 2.31 bits per heavy atom. The monoisotopic (exact) mass is 393 g/mol. The molecule has 0 amide bonds. The molecule has 0 aliphatic rings. The van der Waals surface area contributed by atoms with Crippen LogP contribution in [0.25, 0.3) is 0 Å². The summed E-state index contributed by atoms with van der Waals surface area (Å²) in [6.07, 6.45) is 1.87. The number of aryl methyl sites for hydroxylation is 2. The Balaban J connectivity index is 2.07. The number of benzene rings is 2. The first kappa shape index (κ1) is 22.7. The number of hydrogen-bond acceptors (Lipinski definition) is 3. The van der Waals surface area contributed by atoms with E-state index in [1.807, 2.05) is 20.3 Å². The number of oxime groups is 1. The molecule has 4 nitrogen and oxygen atoms in total. The highest BCUT2D eigenvalue weighted by Crippen LogP contribution is 2.24. The van der Waals surface area contributed by atoms with Gasteiger partial charge in [0.2, 0.25) is 0 Å². The van der Waals surface area contributed by atoms with Crippen LogP contribution in [0.15, 0.2) is 46.5 Å². The zero-order valence-corrected chi connectivity index (χ0v) is 19.2. The van der Waals surface area contributed by atoms with Crippen molar-refractivity contribution in [2.75, 3.05) is 13.6 Å². The maximum atomic E-state index is 5.63. The number of nitrogens with zero attached hydrogens (tertiary/aromatic N) is 3. The van der Waals surface area contributed by atoms with E-state index >= 15 is 0 Å². The predicted octanol–water partition coefficient (Wildman–Crippen LogP) is 6.15. The molecule has 29 heavy (non-hydrogen) atoms. The molecule has 0 aliphatic carbocycles. The molecule has 0 radical (unpaired) electrons. The molecule has 0 spiro atoms. The summed E-state index contributed by atoms with van der Waals surface area (Å²) in [5, 5.41) is 4.35. The van der Waals surface area contributed by atoms with Crippen molar-refractivity contribution in [2.24, 2.45) is 10.1 Å². The highest BCUT2D eigenvalue weighted by molar-refractivity contribution is 6.00. The maximum absolute atomic E-state index is 5.63. The van der Waals surface area contributed by atoms with Crippen molar-refractivity contribution in [1.82, 2.24) is 4.90 Å². The lowest BCUT2D eigenvalue weighted by Gasteiger charge is -2.19. The van der Waals surface area contributed by atoms with Gasteiger partial charge in [-0.15, -0.1) is 0 Å². The fourth-order valence-corrected chi connectivity index (χ4v) is 2.93. The third-order valence-electron chi connectivity index (χ3n) is 5.08. The van der Waals surface area contributed by atoms with Crippen LogP contribution in [0.3, 0.4) is 0 Å². The topological polar surface area (TPSA) is 37.2 Å². The van der Waals surface area contributed by atoms with Gasteiger partial charge in [-0.25, -0.2) is 4.99 Å². The molecule has 156 valence electrons. The van der Waals surface area contributed by atoms with Gasteiger partial charge in [-0.05, 0) is 67.5 Å². The quantitative estimate of drug-likeness (QED) is 0.321. The van der Waals surface area contributed by atoms with Crippen LogP contribution in [-0.2, 0) is 16.9 Å². The first-order valence-corrected chi connectivity index (χ1v) is 10.2. The van der Waals surface area contributed by atoms with Gasteiger partial charge in [-0.2, -0.15) is 0 Å². The molecule has 0 fully saturated rings. The molecule has 0 bridgehead atoms. The lowest BCUT2D eigenvalue weighted by Crippen LogP contribution is -2.14. The second-order valence-electron chi connectivity index (χ2n) is 8.67. The van der Waals surface area contributed by atoms with Gasteiger partial charge in [0.1, 0.15) is 6.61 Å². The van der Waals surface area contributed by atoms with E-state index in [-0.39, 0.29) is 5.41 Å². The third-order valence-corrected chi connectivity index (χ3v) is 5.08. The summed E-state index contributed by atoms with van der Waals surface area (Å²) < 4.78 is 0. The predicted molar refractivity (Wildman–Crippen MR) is 125 cm³/mol. The van der Waals surface area contributed by atoms with E-state index in [2.05, 4.69) is 93.0 Å². The molecule has 0 N–H and O–H groups in total. The van der Waals surface area contributed by atoms with Gasteiger partial charge >= 0.3 is 0 Å². The van der Waals surface area contributed by atoms with E-state index in [0.717, 1.165) is 40.2 Å². The van der Waals surface area contributed by atoms with E-state index < -0.39 is 0 Å². The van der Waals surface area contributed by atoms with Gasteiger partial charge in [0, 0.05) is 19.2 Å². The molecule has 0 saturated heterocycles. The van der Waals surface area contributed by atoms with Crippen molar-refractivity contribution in [1.29, 1.82) is 0 Å². The summed E-state index contributed by atoms with van der Waals surface area (Å²) >= 11 is 0. The Hall–Kier alpha value is -2.62. The van der Waals surface area contributed by atoms with E-state index in [9.17, 15) is 0 Å². The molecular formula is C25H35N3O. The summed E-state index contributed by atoms with van der Waals surface area (Å²) in [5.41, 5.74) is 7.81. The van der Waals surface area contributed by atoms with Gasteiger partial charge < -0.3 is 9.74 Å². The summed E-state index contributed by atoms with van der Waals surface area (Å²) in [4.78, 5) is 12.3. The van der Waals surface area contributed by atoms with Crippen LogP contribution in [0.5, 0.6) is 0 Å². The van der Waals surface area contributed by atoms with Gasteiger partial charge in [0.15, 0.2) is 0 Å². The standard InChI is InChI=1S/C25H35N3O/c1-9-28(8)17-26-24-15-18(2)23(14-19(24)3)20(4)27-29-16-21-10-12-22(13-11-21)25(5,6)7/h10-15,17H,9,16H2,1-8H3/b26-17-,27-20+. The minimum Gasteiger partial charge on any atom is -0.391 e. The molecule has 4 heteroatoms. The van der Waals surface area contributed by atoms with Crippen LogP contribution in [0.1, 0.15) is 62.4 Å². The van der Waals surface area contributed by atoms with Crippen molar-refractivity contribution in [2.45, 2.75) is 60.5 Å². The van der Waals surface area contributed by atoms with Crippen molar-refractivity contribution < 1.29 is 4.84 Å². The molecule has 2 aromatic rings. The van der Waals surface area contributed by atoms with Gasteiger partial charge in [0.25, 0.3) is 0 Å². The fourth-order valence-electron chi connectivity index (χ4n) is 2.93. The van der Waals surface area contributed by atoms with E-state index in [4.69, 9.17) is 4.84 Å². The largest absolute Gasteiger partial charge is 0.391 e. The molecule has 0 heterocycles. The second-order valence-corrected chi connectivity index (χ2v) is 8.67. The minimum atomic E-state index is 0.158. The normalized spacial score (nSPS) is 12.5. The molecule has 0 unspecified atom stereocenters. The first-order chi connectivity index (χ1) is 13.6. The smallest absolute Gasteiger partial charge is 0.142 e. The summed E-state index contributed by atoms with van der Waals surface area (Å²) in [6, 6.07) is 12.8. The highest BCUT2D eigenvalue weighted by atomic mass is 16.6. The Bertz CT molecular complexity index is 874. The average molecular weight is 394 g/mol. The van der Waals surface area contributed by atoms with E-state index in [0.29, 0.717) is 6.61 Å². The lowest BCUT2D eigenvalue weighted by atomic mass is 9.87. The molecule has 0 atom stereocenters. The second kappa shape index (κ2) is 9.73. The van der Waals surface area contributed by atoms with Gasteiger partial charge in [0.05, 0.1) is 17.7 Å². The van der Waals surface area contributed by atoms with Crippen molar-refractivity contribution in [3.8, 4) is 0 Å². The van der Waals surface area contributed by atoms with E-state index in [1.165, 1.54) is 5.56 Å². The SMILES string of the molecule is CCN(C)/C=N\c1cc(C)c(/C(C)=N/OCc2ccc(C(C)(C)C)cc2)cc1C. The Kier molecular flexibility index (Phi) is 7.60. The van der Waals surface area contributed by atoms with Crippen LogP contribution >= 0.6 is 0 Å². The highest BCUT2D eigenvalue weighted by Gasteiger charge is 2.13. The minimum absolute atomic E-state index is 0.158. The Morgan fingerprint density at radius 2 is 1.72 bits per heavy atom. The van der Waals surface area contributed by atoms with Crippen LogP contribution in [0.2, 0.25) is 0 Å². The molecule has 2 rings (SSSR count). The van der Waals surface area contributed by atoms with Gasteiger partial charge in [-0.1, -0.05) is 50.2 Å². The maximum Gasteiger partial charge on any atom is 0.142 e. The summed E-state index contributed by atoms with van der Waals surface area (Å²) in [6.45, 7) is 16.3. The van der Waals surface area contributed by atoms with Crippen LogP contribution in [-0.4, -0.2) is 30.5 Å². The number of rotatable bonds is 7. The summed E-state index contributed by atoms with van der Waals surface area (Å²) in [5.74, 6) is 0. The van der Waals surface area contributed by atoms with Gasteiger partial charge in [-0.3, -0.25) is 0 Å². The number of hydrogen-bond donors (Lipinski definition) is 0. The molecule has 0 saturated carbocycles. The fraction of sp³-hybridized carbons (Fsp3) is 0.440. The van der Waals surface area contributed by atoms with Crippen molar-refractivity contribution >= 4 is 17.7 Å². The average Bonchev–Trinajstić information content (AvgIpc) is 2.67. The van der Waals surface area contributed by atoms with Crippen LogP contribution in [0.4, 0.5) is 5.69 Å². The van der Waals surface area contributed by atoms with E-state index in [1.54, 1.807) is 0 Å².